The Morgan fingerprint density at radius 3 is 2.37 bits per heavy atom. The van der Waals surface area contributed by atoms with Crippen molar-refractivity contribution in [2.75, 3.05) is 0 Å². The topological polar surface area (TPSA) is 73.1 Å². The van der Waals surface area contributed by atoms with Crippen molar-refractivity contribution in [3.8, 4) is 11.5 Å². The van der Waals surface area contributed by atoms with Gasteiger partial charge in [-0.25, -0.2) is 0 Å². The number of thioether (sulfide) groups is 1. The van der Waals surface area contributed by atoms with Crippen LogP contribution in [0, 0.1) is 0 Å². The lowest BCUT2D eigenvalue weighted by atomic mass is 10.2. The van der Waals surface area contributed by atoms with Crippen molar-refractivity contribution in [1.82, 2.24) is 10.2 Å². The van der Waals surface area contributed by atoms with Gasteiger partial charge >= 0.3 is 0 Å². The first-order chi connectivity index (χ1) is 9.08. The molecule has 19 heavy (non-hydrogen) atoms. The first-order valence-electron chi connectivity index (χ1n) is 5.63. The Morgan fingerprint density at radius 1 is 1.16 bits per heavy atom. The molecule has 0 bridgehead atoms. The predicted octanol–water partition coefficient (Wildman–Crippen LogP) is 2.38. The Morgan fingerprint density at radius 2 is 1.89 bits per heavy atom. The van der Waals surface area contributed by atoms with Crippen LogP contribution in [0.4, 0.5) is 0 Å². The fraction of sp³-hybridized carbons (Fsp3) is 0.231. The van der Waals surface area contributed by atoms with Gasteiger partial charge in [0.05, 0.1) is 6.26 Å². The monoisotopic (exact) mass is 276 g/mol. The molecule has 98 valence electrons. The Bertz CT molecular complexity index is 564. The zero-order valence-electron chi connectivity index (χ0n) is 10.5. The van der Waals surface area contributed by atoms with E-state index in [9.17, 15) is 9.59 Å². The van der Waals surface area contributed by atoms with Crippen LogP contribution in [-0.2, 0) is 9.59 Å². The van der Waals surface area contributed by atoms with Crippen molar-refractivity contribution < 1.29 is 14.0 Å². The lowest BCUT2D eigenvalue weighted by molar-refractivity contribution is -0.123. The third kappa shape index (κ3) is 3.29. The Labute approximate surface area is 114 Å². The smallest absolute Gasteiger partial charge is 0.154 e. The van der Waals surface area contributed by atoms with Crippen LogP contribution in [-0.4, -0.2) is 27.0 Å². The fourth-order valence-electron chi connectivity index (χ4n) is 1.51. The second kappa shape index (κ2) is 5.79. The molecule has 0 spiro atoms. The molecule has 0 saturated heterocycles. The van der Waals surface area contributed by atoms with Crippen LogP contribution >= 0.6 is 11.8 Å². The highest BCUT2D eigenvalue weighted by Gasteiger charge is 2.21. The van der Waals surface area contributed by atoms with E-state index in [1.165, 1.54) is 13.8 Å². The first-order valence-corrected chi connectivity index (χ1v) is 6.51. The summed E-state index contributed by atoms with van der Waals surface area (Å²) >= 11 is 1.11. The van der Waals surface area contributed by atoms with Gasteiger partial charge in [-0.3, -0.25) is 9.59 Å². The maximum atomic E-state index is 11.3. The molecule has 0 amide bonds. The van der Waals surface area contributed by atoms with Crippen molar-refractivity contribution in [3.63, 3.8) is 0 Å². The van der Waals surface area contributed by atoms with Gasteiger partial charge in [-0.1, -0.05) is 11.8 Å². The number of furan rings is 1. The average Bonchev–Trinajstić information content (AvgIpc) is 2.89. The average molecular weight is 276 g/mol. The second-order valence-corrected chi connectivity index (χ2v) is 5.08. The molecule has 0 fully saturated rings. The maximum Gasteiger partial charge on any atom is 0.154 e. The Balaban J connectivity index is 2.15. The molecule has 5 nitrogen and oxygen atoms in total. The van der Waals surface area contributed by atoms with Crippen LogP contribution in [0.5, 0.6) is 0 Å². The van der Waals surface area contributed by atoms with E-state index in [0.29, 0.717) is 16.5 Å². The molecular weight excluding hydrogens is 264 g/mol. The lowest BCUT2D eigenvalue weighted by Crippen LogP contribution is -2.22. The summed E-state index contributed by atoms with van der Waals surface area (Å²) in [6.07, 6.45) is 1.56. The second-order valence-electron chi connectivity index (χ2n) is 3.95. The summed E-state index contributed by atoms with van der Waals surface area (Å²) in [5.74, 6) is 0.252. The molecule has 2 aromatic heterocycles. The normalized spacial score (nSPS) is 10.7. The number of nitrogens with zero attached hydrogens (tertiary/aromatic N) is 2. The third-order valence-electron chi connectivity index (χ3n) is 2.39. The van der Waals surface area contributed by atoms with Crippen LogP contribution in [0.1, 0.15) is 13.8 Å². The van der Waals surface area contributed by atoms with E-state index in [0.717, 1.165) is 11.8 Å². The molecule has 2 aromatic rings. The third-order valence-corrected chi connectivity index (χ3v) is 3.75. The van der Waals surface area contributed by atoms with Gasteiger partial charge in [-0.15, -0.1) is 10.2 Å². The van der Waals surface area contributed by atoms with Gasteiger partial charge in [0.25, 0.3) is 0 Å². The molecule has 0 saturated carbocycles. The van der Waals surface area contributed by atoms with Gasteiger partial charge in [0.15, 0.2) is 17.3 Å². The first kappa shape index (κ1) is 13.5. The standard InChI is InChI=1S/C13H12N2O3S/c1-8(16)13(9(2)17)19-12-6-5-10(14-15-12)11-4-3-7-18-11/h3-7,13H,1-2H3. The molecule has 0 radical (unpaired) electrons. The molecule has 0 aromatic carbocycles. The van der Waals surface area contributed by atoms with E-state index in [4.69, 9.17) is 4.42 Å². The molecule has 0 unspecified atom stereocenters. The molecule has 0 aliphatic heterocycles. The van der Waals surface area contributed by atoms with Crippen molar-refractivity contribution in [1.29, 1.82) is 0 Å². The van der Waals surface area contributed by atoms with E-state index >= 15 is 0 Å². The van der Waals surface area contributed by atoms with Crippen LogP contribution in [0.25, 0.3) is 11.5 Å². The van der Waals surface area contributed by atoms with Crippen LogP contribution in [0.3, 0.4) is 0 Å². The minimum Gasteiger partial charge on any atom is -0.463 e. The highest BCUT2D eigenvalue weighted by Crippen LogP contribution is 2.24. The quantitative estimate of drug-likeness (QED) is 0.616. The van der Waals surface area contributed by atoms with Gasteiger partial charge in [-0.05, 0) is 38.1 Å². The molecular formula is C13H12N2O3S. The summed E-state index contributed by atoms with van der Waals surface area (Å²) in [4.78, 5) is 22.7. The summed E-state index contributed by atoms with van der Waals surface area (Å²) < 4.78 is 5.20. The number of rotatable bonds is 5. The van der Waals surface area contributed by atoms with Gasteiger partial charge in [-0.2, -0.15) is 0 Å². The number of carbonyl (C=O) groups is 2. The van der Waals surface area contributed by atoms with Gasteiger partial charge in [0.2, 0.25) is 0 Å². The van der Waals surface area contributed by atoms with E-state index < -0.39 is 5.25 Å². The van der Waals surface area contributed by atoms with Crippen molar-refractivity contribution >= 4 is 23.3 Å². The van der Waals surface area contributed by atoms with Gasteiger partial charge < -0.3 is 4.42 Å². The summed E-state index contributed by atoms with van der Waals surface area (Å²) in [5.41, 5.74) is 0.608. The van der Waals surface area contributed by atoms with Gasteiger partial charge in [0, 0.05) is 0 Å². The van der Waals surface area contributed by atoms with Crippen molar-refractivity contribution in [3.05, 3.63) is 30.5 Å². The summed E-state index contributed by atoms with van der Waals surface area (Å²) in [6, 6.07) is 7.01. The lowest BCUT2D eigenvalue weighted by Gasteiger charge is -2.08. The molecule has 0 aliphatic rings. The van der Waals surface area contributed by atoms with Crippen LogP contribution in [0.15, 0.2) is 40.0 Å². The van der Waals surface area contributed by atoms with Crippen molar-refractivity contribution in [2.45, 2.75) is 24.1 Å². The molecule has 2 heterocycles. The van der Waals surface area contributed by atoms with Gasteiger partial charge in [0.1, 0.15) is 16.0 Å². The fourth-order valence-corrected chi connectivity index (χ4v) is 2.32. The zero-order chi connectivity index (χ0) is 13.8. The number of aromatic nitrogens is 2. The number of hydrogen-bond donors (Lipinski definition) is 0. The summed E-state index contributed by atoms with van der Waals surface area (Å²) in [6.45, 7) is 2.79. The van der Waals surface area contributed by atoms with Crippen molar-refractivity contribution in [2.24, 2.45) is 0 Å². The van der Waals surface area contributed by atoms with E-state index in [2.05, 4.69) is 10.2 Å². The number of ketones is 2. The molecule has 0 N–H and O–H groups in total. The number of hydrogen-bond acceptors (Lipinski definition) is 6. The Kier molecular flexibility index (Phi) is 4.11. The highest BCUT2D eigenvalue weighted by atomic mass is 32.2. The summed E-state index contributed by atoms with van der Waals surface area (Å²) in [7, 11) is 0. The van der Waals surface area contributed by atoms with Crippen LogP contribution in [0.2, 0.25) is 0 Å². The van der Waals surface area contributed by atoms with E-state index in [1.807, 2.05) is 0 Å². The largest absolute Gasteiger partial charge is 0.463 e. The van der Waals surface area contributed by atoms with Crippen LogP contribution < -0.4 is 0 Å². The number of carbonyl (C=O) groups excluding carboxylic acids is 2. The predicted molar refractivity (Wildman–Crippen MR) is 70.7 cm³/mol. The Hall–Kier alpha value is -1.95. The molecule has 0 atom stereocenters. The molecule has 2 rings (SSSR count). The number of Topliss-reactive ketones (excluding diaryl/α,β-unsaturated/α-hetero) is 2. The maximum absolute atomic E-state index is 11.3. The zero-order valence-corrected chi connectivity index (χ0v) is 11.3. The minimum atomic E-state index is -0.719. The SMILES string of the molecule is CC(=O)C(Sc1ccc(-c2ccco2)nn1)C(C)=O. The minimum absolute atomic E-state index is 0.186. The molecule has 0 aliphatic carbocycles. The van der Waals surface area contributed by atoms with E-state index in [1.54, 1.807) is 30.5 Å². The molecule has 6 heteroatoms. The van der Waals surface area contributed by atoms with E-state index in [-0.39, 0.29) is 11.6 Å². The summed E-state index contributed by atoms with van der Waals surface area (Å²) in [5, 5.41) is 7.81. The highest BCUT2D eigenvalue weighted by molar-refractivity contribution is 8.01.